The largest absolute Gasteiger partial charge is 0.419 e. The molecule has 0 radical (unpaired) electrons. The maximum atomic E-state index is 13.0. The number of fused-ring (bicyclic) bond motifs is 1. The van der Waals surface area contributed by atoms with Crippen LogP contribution >= 0.6 is 15.9 Å². The fourth-order valence-electron chi connectivity index (χ4n) is 3.49. The third-order valence-electron chi connectivity index (χ3n) is 5.26. The van der Waals surface area contributed by atoms with Gasteiger partial charge in [0.1, 0.15) is 0 Å². The summed E-state index contributed by atoms with van der Waals surface area (Å²) >= 11 is 3.37. The van der Waals surface area contributed by atoms with Crippen molar-refractivity contribution in [3.8, 4) is 0 Å². The first kappa shape index (κ1) is 20.8. The SMILES string of the molecule is Cn1c(=O)oc2cc(S(=O)(=O)N3CCN(C(=O)Cc4ccc(Br)cc4)CC3)ccc21. The Hall–Kier alpha value is -2.43. The topological polar surface area (TPSA) is 92.8 Å². The predicted molar refractivity (Wildman–Crippen MR) is 115 cm³/mol. The summed E-state index contributed by atoms with van der Waals surface area (Å²) in [5.41, 5.74) is 1.67. The van der Waals surface area contributed by atoms with Gasteiger partial charge in [0.05, 0.1) is 16.8 Å². The van der Waals surface area contributed by atoms with Crippen LogP contribution in [-0.4, -0.2) is 54.3 Å². The van der Waals surface area contributed by atoms with Crippen molar-refractivity contribution in [3.05, 3.63) is 63.1 Å². The van der Waals surface area contributed by atoms with E-state index in [0.717, 1.165) is 10.0 Å². The number of hydrogen-bond donors (Lipinski definition) is 0. The number of halogens is 1. The molecule has 3 aromatic rings. The zero-order valence-electron chi connectivity index (χ0n) is 16.2. The maximum Gasteiger partial charge on any atom is 0.419 e. The van der Waals surface area contributed by atoms with Crippen LogP contribution in [0, 0.1) is 0 Å². The van der Waals surface area contributed by atoms with Gasteiger partial charge in [0, 0.05) is 43.8 Å². The Labute approximate surface area is 181 Å². The third-order valence-corrected chi connectivity index (χ3v) is 7.68. The quantitative estimate of drug-likeness (QED) is 0.553. The summed E-state index contributed by atoms with van der Waals surface area (Å²) in [5.74, 6) is -0.570. The van der Waals surface area contributed by atoms with Crippen LogP contribution < -0.4 is 5.76 Å². The number of aryl methyl sites for hydroxylation is 1. The highest BCUT2D eigenvalue weighted by atomic mass is 79.9. The number of hydrogen-bond acceptors (Lipinski definition) is 5. The van der Waals surface area contributed by atoms with Crippen molar-refractivity contribution in [1.29, 1.82) is 0 Å². The smallest absolute Gasteiger partial charge is 0.408 e. The fourth-order valence-corrected chi connectivity index (χ4v) is 5.19. The Morgan fingerprint density at radius 3 is 2.40 bits per heavy atom. The van der Waals surface area contributed by atoms with Crippen molar-refractivity contribution in [3.63, 3.8) is 0 Å². The van der Waals surface area contributed by atoms with Crippen LogP contribution in [0.3, 0.4) is 0 Å². The minimum absolute atomic E-state index is 0.0261. The summed E-state index contributed by atoms with van der Waals surface area (Å²) < 4.78 is 34.8. The maximum absolute atomic E-state index is 13.0. The molecule has 1 amide bonds. The van der Waals surface area contributed by atoms with Gasteiger partial charge in [-0.05, 0) is 29.8 Å². The van der Waals surface area contributed by atoms with Gasteiger partial charge < -0.3 is 9.32 Å². The van der Waals surface area contributed by atoms with E-state index in [2.05, 4.69) is 15.9 Å². The van der Waals surface area contributed by atoms with Gasteiger partial charge in [0.2, 0.25) is 15.9 Å². The van der Waals surface area contributed by atoms with Crippen molar-refractivity contribution in [1.82, 2.24) is 13.8 Å². The van der Waals surface area contributed by atoms with E-state index in [1.807, 2.05) is 24.3 Å². The van der Waals surface area contributed by atoms with Gasteiger partial charge in [-0.1, -0.05) is 28.1 Å². The van der Waals surface area contributed by atoms with Crippen molar-refractivity contribution in [2.75, 3.05) is 26.2 Å². The second-order valence-corrected chi connectivity index (χ2v) is 10.00. The number of carbonyl (C=O) groups is 1. The van der Waals surface area contributed by atoms with Crippen LogP contribution in [0.4, 0.5) is 0 Å². The molecule has 1 aromatic heterocycles. The average molecular weight is 494 g/mol. The first-order chi connectivity index (χ1) is 14.3. The Morgan fingerprint density at radius 1 is 1.07 bits per heavy atom. The lowest BCUT2D eigenvalue weighted by Crippen LogP contribution is -2.50. The number of oxazole rings is 1. The van der Waals surface area contributed by atoms with Gasteiger partial charge in [-0.15, -0.1) is 0 Å². The molecule has 4 rings (SSSR count). The number of benzene rings is 2. The summed E-state index contributed by atoms with van der Waals surface area (Å²) in [5, 5.41) is 0. The minimum atomic E-state index is -3.75. The van der Waals surface area contributed by atoms with Crippen molar-refractivity contribution < 1.29 is 17.6 Å². The molecule has 0 atom stereocenters. The van der Waals surface area contributed by atoms with Gasteiger partial charge in [-0.3, -0.25) is 9.36 Å². The Bertz CT molecular complexity index is 1260. The lowest BCUT2D eigenvalue weighted by Gasteiger charge is -2.34. The monoisotopic (exact) mass is 493 g/mol. The van der Waals surface area contributed by atoms with Crippen LogP contribution in [0.2, 0.25) is 0 Å². The van der Waals surface area contributed by atoms with Crippen LogP contribution in [0.25, 0.3) is 11.1 Å². The number of sulfonamides is 1. The molecule has 0 aliphatic carbocycles. The van der Waals surface area contributed by atoms with Crippen molar-refractivity contribution in [2.45, 2.75) is 11.3 Å². The summed E-state index contributed by atoms with van der Waals surface area (Å²) in [6.07, 6.45) is 0.281. The average Bonchev–Trinajstić information content (AvgIpc) is 3.03. The highest BCUT2D eigenvalue weighted by molar-refractivity contribution is 9.10. The molecule has 30 heavy (non-hydrogen) atoms. The van der Waals surface area contributed by atoms with Crippen LogP contribution in [0.5, 0.6) is 0 Å². The number of piperazine rings is 1. The van der Waals surface area contributed by atoms with E-state index in [-0.39, 0.29) is 35.9 Å². The molecule has 0 bridgehead atoms. The van der Waals surface area contributed by atoms with Crippen molar-refractivity contribution >= 4 is 43.0 Å². The van der Waals surface area contributed by atoms with Gasteiger partial charge in [-0.25, -0.2) is 13.2 Å². The molecule has 8 nitrogen and oxygen atoms in total. The molecule has 1 aliphatic rings. The Kier molecular flexibility index (Phi) is 5.56. The molecule has 2 aromatic carbocycles. The summed E-state index contributed by atoms with van der Waals surface area (Å²) in [7, 11) is -2.19. The van der Waals surface area contributed by atoms with Gasteiger partial charge in [-0.2, -0.15) is 4.31 Å². The number of rotatable bonds is 4. The van der Waals surface area contributed by atoms with E-state index < -0.39 is 15.8 Å². The molecule has 158 valence electrons. The van der Waals surface area contributed by atoms with Gasteiger partial charge >= 0.3 is 5.76 Å². The van der Waals surface area contributed by atoms with E-state index >= 15 is 0 Å². The Morgan fingerprint density at radius 2 is 1.73 bits per heavy atom. The molecular weight excluding hydrogens is 474 g/mol. The van der Waals surface area contributed by atoms with Crippen molar-refractivity contribution in [2.24, 2.45) is 7.05 Å². The first-order valence-corrected chi connectivity index (χ1v) is 11.6. The van der Waals surface area contributed by atoms with E-state index in [9.17, 15) is 18.0 Å². The summed E-state index contributed by atoms with van der Waals surface area (Å²) in [4.78, 5) is 26.0. The molecule has 0 saturated carbocycles. The molecule has 1 saturated heterocycles. The number of nitrogens with zero attached hydrogens (tertiary/aromatic N) is 3. The lowest BCUT2D eigenvalue weighted by molar-refractivity contribution is -0.131. The van der Waals surface area contributed by atoms with E-state index in [4.69, 9.17) is 4.42 Å². The molecule has 0 unspecified atom stereocenters. The standard InChI is InChI=1S/C20H20BrN3O5S/c1-22-17-7-6-16(13-18(17)29-20(22)26)30(27,28)24-10-8-23(9-11-24)19(25)12-14-2-4-15(21)5-3-14/h2-7,13H,8-12H2,1H3. The molecule has 0 N–H and O–H groups in total. The molecule has 1 aliphatic heterocycles. The summed E-state index contributed by atoms with van der Waals surface area (Å²) in [6, 6.07) is 12.0. The molecule has 10 heteroatoms. The normalized spacial score (nSPS) is 15.6. The number of aromatic nitrogens is 1. The van der Waals surface area contributed by atoms with E-state index in [0.29, 0.717) is 18.6 Å². The van der Waals surface area contributed by atoms with Gasteiger partial charge in [0.15, 0.2) is 5.58 Å². The summed E-state index contributed by atoms with van der Waals surface area (Å²) in [6.45, 7) is 1.09. The zero-order chi connectivity index (χ0) is 21.5. The number of amides is 1. The predicted octanol–water partition coefficient (Wildman–Crippen LogP) is 1.97. The third kappa shape index (κ3) is 3.94. The van der Waals surface area contributed by atoms with Crippen LogP contribution in [-0.2, 0) is 28.3 Å². The molecular formula is C20H20BrN3O5S. The molecule has 2 heterocycles. The van der Waals surface area contributed by atoms with Gasteiger partial charge in [0.25, 0.3) is 0 Å². The fraction of sp³-hybridized carbons (Fsp3) is 0.300. The molecule has 0 spiro atoms. The van der Waals surface area contributed by atoms with E-state index in [1.54, 1.807) is 18.0 Å². The zero-order valence-corrected chi connectivity index (χ0v) is 18.6. The van der Waals surface area contributed by atoms with Crippen LogP contribution in [0.15, 0.2) is 61.0 Å². The molecule has 1 fully saturated rings. The minimum Gasteiger partial charge on any atom is -0.408 e. The van der Waals surface area contributed by atoms with E-state index in [1.165, 1.54) is 21.0 Å². The lowest BCUT2D eigenvalue weighted by atomic mass is 10.1. The highest BCUT2D eigenvalue weighted by Gasteiger charge is 2.30. The Balaban J connectivity index is 1.44. The van der Waals surface area contributed by atoms with Crippen LogP contribution in [0.1, 0.15) is 5.56 Å². The number of carbonyl (C=O) groups excluding carboxylic acids is 1. The highest BCUT2D eigenvalue weighted by Crippen LogP contribution is 2.22. The second kappa shape index (κ2) is 8.01. The second-order valence-electron chi connectivity index (χ2n) is 7.14. The first-order valence-electron chi connectivity index (χ1n) is 9.37.